The van der Waals surface area contributed by atoms with Crippen LogP contribution in [0.4, 0.5) is 17.6 Å². The van der Waals surface area contributed by atoms with Crippen LogP contribution in [0.15, 0.2) is 12.1 Å². The molecule has 0 aliphatic heterocycles. The number of aliphatic hydroxyl groups is 1. The summed E-state index contributed by atoms with van der Waals surface area (Å²) in [7, 11) is 0. The lowest BCUT2D eigenvalue weighted by molar-refractivity contribution is -0.0502. The smallest absolute Gasteiger partial charge is 0.228 e. The Morgan fingerprint density at radius 1 is 1.24 bits per heavy atom. The van der Waals surface area contributed by atoms with Crippen molar-refractivity contribution in [3.63, 3.8) is 0 Å². The Hall–Kier alpha value is -2.35. The summed E-state index contributed by atoms with van der Waals surface area (Å²) in [6.45, 7) is 8.68. The summed E-state index contributed by atoms with van der Waals surface area (Å²) in [5.74, 6) is 3.92. The Morgan fingerprint density at radius 3 is 2.79 bits per heavy atom. The number of hydrogen-bond acceptors (Lipinski definition) is 7. The Labute approximate surface area is 171 Å². The van der Waals surface area contributed by atoms with Gasteiger partial charge in [0, 0.05) is 23.9 Å². The van der Waals surface area contributed by atoms with Crippen molar-refractivity contribution >= 4 is 17.6 Å². The average Bonchev–Trinajstić information content (AvgIpc) is 3.02. The summed E-state index contributed by atoms with van der Waals surface area (Å²) in [5, 5.41) is 24.6. The molecular weight excluding hydrogens is 368 g/mol. The van der Waals surface area contributed by atoms with Crippen molar-refractivity contribution in [3.8, 4) is 5.88 Å². The summed E-state index contributed by atoms with van der Waals surface area (Å²) in [4.78, 5) is 9.23. The van der Waals surface area contributed by atoms with Gasteiger partial charge in [-0.15, -0.1) is 0 Å². The van der Waals surface area contributed by atoms with Crippen LogP contribution < -0.4 is 15.4 Å². The standard InChI is InChI=1S/C21H32N6O2/c1-5-29-18-9-16(22-17-7-13(3)26-27-17)23-20(24-18)25-19-12(2)6-14-8-15(19)11-21(4,28)10-14/h7,9,12,14-15,19,28H,5-6,8,10-11H2,1-4H3,(H3,22,23,24,25,26,27). The van der Waals surface area contributed by atoms with Gasteiger partial charge in [0.2, 0.25) is 11.8 Å². The second-order valence-corrected chi connectivity index (χ2v) is 9.06. The number of anilines is 3. The lowest BCUT2D eigenvalue weighted by Gasteiger charge is -2.49. The van der Waals surface area contributed by atoms with Crippen molar-refractivity contribution in [1.29, 1.82) is 0 Å². The molecule has 2 aromatic heterocycles. The van der Waals surface area contributed by atoms with E-state index in [9.17, 15) is 5.11 Å². The Kier molecular flexibility index (Phi) is 5.38. The Morgan fingerprint density at radius 2 is 2.07 bits per heavy atom. The first-order valence-electron chi connectivity index (χ1n) is 10.6. The van der Waals surface area contributed by atoms with Crippen LogP contribution >= 0.6 is 0 Å². The summed E-state index contributed by atoms with van der Waals surface area (Å²) in [6.07, 6.45) is 4.00. The minimum atomic E-state index is -0.577. The normalized spacial score (nSPS) is 31.3. The highest BCUT2D eigenvalue weighted by Gasteiger charge is 2.45. The van der Waals surface area contributed by atoms with Gasteiger partial charge in [0.15, 0.2) is 5.82 Å². The molecule has 2 aromatic rings. The lowest BCUT2D eigenvalue weighted by atomic mass is 9.61. The van der Waals surface area contributed by atoms with Crippen molar-refractivity contribution in [1.82, 2.24) is 20.2 Å². The average molecular weight is 401 g/mol. The van der Waals surface area contributed by atoms with Gasteiger partial charge in [-0.1, -0.05) is 6.92 Å². The molecule has 0 spiro atoms. The first-order chi connectivity index (χ1) is 13.8. The van der Waals surface area contributed by atoms with Gasteiger partial charge in [0.05, 0.1) is 12.2 Å². The molecule has 8 heteroatoms. The van der Waals surface area contributed by atoms with Crippen LogP contribution in [0.25, 0.3) is 0 Å². The van der Waals surface area contributed by atoms with Gasteiger partial charge in [-0.3, -0.25) is 5.10 Å². The van der Waals surface area contributed by atoms with Crippen LogP contribution in [-0.2, 0) is 0 Å². The van der Waals surface area contributed by atoms with Gasteiger partial charge >= 0.3 is 0 Å². The molecule has 0 aromatic carbocycles. The molecular formula is C21H32N6O2. The summed E-state index contributed by atoms with van der Waals surface area (Å²) in [6, 6.07) is 3.93. The fourth-order valence-corrected chi connectivity index (χ4v) is 5.25. The van der Waals surface area contributed by atoms with Gasteiger partial charge in [-0.2, -0.15) is 15.1 Å². The summed E-state index contributed by atoms with van der Waals surface area (Å²) in [5.41, 5.74) is 0.395. The second kappa shape index (κ2) is 7.82. The van der Waals surface area contributed by atoms with Crippen LogP contribution in [0, 0.1) is 24.7 Å². The van der Waals surface area contributed by atoms with E-state index in [1.54, 1.807) is 6.07 Å². The predicted octanol–water partition coefficient (Wildman–Crippen LogP) is 3.64. The van der Waals surface area contributed by atoms with Gasteiger partial charge in [-0.05, 0) is 64.2 Å². The van der Waals surface area contributed by atoms with Crippen LogP contribution in [0.2, 0.25) is 0 Å². The largest absolute Gasteiger partial charge is 0.478 e. The molecule has 2 heterocycles. The number of aryl methyl sites for hydroxylation is 1. The lowest BCUT2D eigenvalue weighted by Crippen LogP contribution is -2.50. The molecule has 2 aliphatic rings. The number of H-pyrrole nitrogens is 1. The van der Waals surface area contributed by atoms with Crippen LogP contribution in [0.5, 0.6) is 5.88 Å². The van der Waals surface area contributed by atoms with Crippen molar-refractivity contribution < 1.29 is 9.84 Å². The van der Waals surface area contributed by atoms with Crippen LogP contribution in [0.1, 0.15) is 52.1 Å². The maximum atomic E-state index is 10.7. The number of nitrogens with one attached hydrogen (secondary N) is 3. The van der Waals surface area contributed by atoms with E-state index in [4.69, 9.17) is 4.74 Å². The van der Waals surface area contributed by atoms with Crippen molar-refractivity contribution in [3.05, 3.63) is 17.8 Å². The fourth-order valence-electron chi connectivity index (χ4n) is 5.25. The van der Waals surface area contributed by atoms with Gasteiger partial charge < -0.3 is 20.5 Å². The molecule has 5 unspecified atom stereocenters. The van der Waals surface area contributed by atoms with E-state index >= 15 is 0 Å². The van der Waals surface area contributed by atoms with Crippen molar-refractivity contribution in [2.75, 3.05) is 17.2 Å². The number of nitrogens with zero attached hydrogens (tertiary/aromatic N) is 3. The fraction of sp³-hybridized carbons (Fsp3) is 0.667. The third-order valence-electron chi connectivity index (χ3n) is 6.15. The molecule has 2 saturated carbocycles. The monoisotopic (exact) mass is 400 g/mol. The zero-order valence-corrected chi connectivity index (χ0v) is 17.7. The minimum Gasteiger partial charge on any atom is -0.478 e. The number of ether oxygens (including phenoxy) is 1. The van der Waals surface area contributed by atoms with Gasteiger partial charge in [0.25, 0.3) is 0 Å². The van der Waals surface area contributed by atoms with E-state index in [0.29, 0.717) is 47.8 Å². The molecule has 0 saturated heterocycles. The summed E-state index contributed by atoms with van der Waals surface area (Å²) >= 11 is 0. The molecule has 2 aliphatic carbocycles. The summed E-state index contributed by atoms with van der Waals surface area (Å²) < 4.78 is 5.66. The van der Waals surface area contributed by atoms with E-state index < -0.39 is 5.60 Å². The van der Waals surface area contributed by atoms with E-state index in [0.717, 1.165) is 31.4 Å². The number of aromatic amines is 1. The number of hydrogen-bond donors (Lipinski definition) is 4. The van der Waals surface area contributed by atoms with E-state index in [-0.39, 0.29) is 6.04 Å². The van der Waals surface area contributed by atoms with E-state index in [2.05, 4.69) is 37.7 Å². The third kappa shape index (κ3) is 4.63. The molecule has 0 amide bonds. The number of aromatic nitrogens is 4. The van der Waals surface area contributed by atoms with Gasteiger partial charge in [-0.25, -0.2) is 0 Å². The highest BCUT2D eigenvalue weighted by atomic mass is 16.5. The van der Waals surface area contributed by atoms with Crippen LogP contribution in [0.3, 0.4) is 0 Å². The molecule has 4 N–H and O–H groups in total. The zero-order valence-electron chi connectivity index (χ0n) is 17.7. The van der Waals surface area contributed by atoms with Crippen molar-refractivity contribution in [2.45, 2.75) is 65.0 Å². The molecule has 29 heavy (non-hydrogen) atoms. The SMILES string of the molecule is CCOc1cc(Nc2cc(C)[nH]n2)nc(NC2C(C)CC3CC2CC(C)(O)C3)n1. The Bertz CT molecular complexity index is 849. The molecule has 2 fully saturated rings. The van der Waals surface area contributed by atoms with E-state index in [1.165, 1.54) is 0 Å². The first kappa shape index (κ1) is 19.9. The van der Waals surface area contributed by atoms with Crippen molar-refractivity contribution in [2.24, 2.45) is 17.8 Å². The molecule has 4 rings (SSSR count). The topological polar surface area (TPSA) is 108 Å². The minimum absolute atomic E-state index is 0.232. The number of fused-ring (bicyclic) bond motifs is 2. The van der Waals surface area contributed by atoms with Crippen LogP contribution in [-0.4, -0.2) is 43.5 Å². The molecule has 2 bridgehead atoms. The quantitative estimate of drug-likeness (QED) is 0.586. The Balaban J connectivity index is 1.56. The molecule has 8 nitrogen and oxygen atoms in total. The number of rotatable bonds is 6. The predicted molar refractivity (Wildman–Crippen MR) is 112 cm³/mol. The maximum absolute atomic E-state index is 10.7. The highest BCUT2D eigenvalue weighted by Crippen LogP contribution is 2.47. The van der Waals surface area contributed by atoms with E-state index in [1.807, 2.05) is 26.8 Å². The molecule has 158 valence electrons. The first-order valence-corrected chi connectivity index (χ1v) is 10.6. The van der Waals surface area contributed by atoms with Gasteiger partial charge in [0.1, 0.15) is 5.82 Å². The second-order valence-electron chi connectivity index (χ2n) is 9.06. The maximum Gasteiger partial charge on any atom is 0.228 e. The molecule has 0 radical (unpaired) electrons. The zero-order chi connectivity index (χ0) is 20.6. The molecule has 5 atom stereocenters. The highest BCUT2D eigenvalue weighted by molar-refractivity contribution is 5.55. The third-order valence-corrected chi connectivity index (χ3v) is 6.15.